The molecule has 1 unspecified atom stereocenters. The quantitative estimate of drug-likeness (QED) is 0.725. The molecule has 0 aromatic heterocycles. The van der Waals surface area contributed by atoms with Crippen LogP contribution in [0.2, 0.25) is 0 Å². The van der Waals surface area contributed by atoms with Crippen molar-refractivity contribution in [2.45, 2.75) is 39.7 Å². The molecule has 4 heteroatoms. The summed E-state index contributed by atoms with van der Waals surface area (Å²) in [4.78, 5) is 13.9. The lowest BCUT2D eigenvalue weighted by molar-refractivity contribution is -0.132. The maximum absolute atomic E-state index is 12.0. The third-order valence-electron chi connectivity index (χ3n) is 3.10. The van der Waals surface area contributed by atoms with E-state index in [2.05, 4.69) is 5.32 Å². The van der Waals surface area contributed by atoms with Crippen molar-refractivity contribution in [2.75, 3.05) is 26.2 Å². The Bertz CT molecular complexity index is 235. The van der Waals surface area contributed by atoms with Gasteiger partial charge in [-0.25, -0.2) is 0 Å². The van der Waals surface area contributed by atoms with E-state index in [4.69, 9.17) is 5.11 Å². The van der Waals surface area contributed by atoms with Crippen LogP contribution < -0.4 is 5.32 Å². The van der Waals surface area contributed by atoms with Crippen LogP contribution in [0.5, 0.6) is 0 Å². The maximum atomic E-state index is 12.0. The normalized spacial score (nSPS) is 18.9. The Labute approximate surface area is 98.0 Å². The molecular weight excluding hydrogens is 204 g/mol. The molecule has 0 bridgehead atoms. The Hall–Kier alpha value is -0.610. The fourth-order valence-corrected chi connectivity index (χ4v) is 1.78. The van der Waals surface area contributed by atoms with Crippen molar-refractivity contribution >= 4 is 5.91 Å². The van der Waals surface area contributed by atoms with Gasteiger partial charge in [-0.15, -0.1) is 0 Å². The zero-order valence-corrected chi connectivity index (χ0v) is 10.6. The lowest BCUT2D eigenvalue weighted by atomic mass is 9.94. The van der Waals surface area contributed by atoms with Crippen molar-refractivity contribution in [1.82, 2.24) is 10.2 Å². The summed E-state index contributed by atoms with van der Waals surface area (Å²) in [5.41, 5.74) is -0.167. The molecule has 16 heavy (non-hydrogen) atoms. The van der Waals surface area contributed by atoms with Gasteiger partial charge in [-0.05, 0) is 19.8 Å². The molecule has 1 aliphatic heterocycles. The molecule has 0 spiro atoms. The van der Waals surface area contributed by atoms with Crippen molar-refractivity contribution in [1.29, 1.82) is 0 Å². The minimum atomic E-state index is -0.167. The first-order valence-electron chi connectivity index (χ1n) is 6.09. The first-order valence-corrected chi connectivity index (χ1v) is 6.09. The third-order valence-corrected chi connectivity index (χ3v) is 3.10. The van der Waals surface area contributed by atoms with Crippen LogP contribution in [-0.4, -0.2) is 48.2 Å². The standard InChI is InChI=1S/C12H24N2O2/c1-10(13-8-12(2,3)9-15)11(16)14-6-4-5-7-14/h10,13,15H,4-9H2,1-3H3. The number of amides is 1. The molecule has 0 saturated carbocycles. The Morgan fingerprint density at radius 2 is 2.00 bits per heavy atom. The topological polar surface area (TPSA) is 52.6 Å². The molecule has 4 nitrogen and oxygen atoms in total. The van der Waals surface area contributed by atoms with Crippen molar-refractivity contribution in [3.63, 3.8) is 0 Å². The van der Waals surface area contributed by atoms with Crippen LogP contribution in [0.3, 0.4) is 0 Å². The number of nitrogens with one attached hydrogen (secondary N) is 1. The minimum Gasteiger partial charge on any atom is -0.396 e. The van der Waals surface area contributed by atoms with Gasteiger partial charge in [0, 0.05) is 31.7 Å². The molecule has 1 rings (SSSR count). The monoisotopic (exact) mass is 228 g/mol. The number of carbonyl (C=O) groups excluding carboxylic acids is 1. The zero-order chi connectivity index (χ0) is 12.2. The number of aliphatic hydroxyl groups is 1. The first kappa shape index (κ1) is 13.5. The predicted octanol–water partition coefficient (Wildman–Crippen LogP) is 0.605. The summed E-state index contributed by atoms with van der Waals surface area (Å²) in [7, 11) is 0. The molecule has 1 atom stereocenters. The molecule has 94 valence electrons. The van der Waals surface area contributed by atoms with Gasteiger partial charge in [0.25, 0.3) is 0 Å². The van der Waals surface area contributed by atoms with Gasteiger partial charge in [-0.1, -0.05) is 13.8 Å². The van der Waals surface area contributed by atoms with Crippen LogP contribution in [0.1, 0.15) is 33.6 Å². The lowest BCUT2D eigenvalue weighted by Gasteiger charge is -2.26. The van der Waals surface area contributed by atoms with E-state index in [1.54, 1.807) is 0 Å². The number of hydrogen-bond acceptors (Lipinski definition) is 3. The summed E-state index contributed by atoms with van der Waals surface area (Å²) in [6.07, 6.45) is 2.25. The minimum absolute atomic E-state index is 0.130. The Balaban J connectivity index is 2.34. The van der Waals surface area contributed by atoms with E-state index in [0.717, 1.165) is 25.9 Å². The van der Waals surface area contributed by atoms with Crippen LogP contribution in [0.25, 0.3) is 0 Å². The Kier molecular flexibility index (Phi) is 4.74. The molecule has 1 heterocycles. The fraction of sp³-hybridized carbons (Fsp3) is 0.917. The highest BCUT2D eigenvalue weighted by atomic mass is 16.3. The van der Waals surface area contributed by atoms with Gasteiger partial charge in [0.15, 0.2) is 0 Å². The number of carbonyl (C=O) groups is 1. The van der Waals surface area contributed by atoms with E-state index in [1.807, 2.05) is 25.7 Å². The SMILES string of the molecule is CC(NCC(C)(C)CO)C(=O)N1CCCC1. The molecule has 1 saturated heterocycles. The highest BCUT2D eigenvalue weighted by Crippen LogP contribution is 2.13. The maximum Gasteiger partial charge on any atom is 0.239 e. The molecule has 1 amide bonds. The lowest BCUT2D eigenvalue weighted by Crippen LogP contribution is -2.46. The third kappa shape index (κ3) is 3.76. The van der Waals surface area contributed by atoms with E-state index in [0.29, 0.717) is 6.54 Å². The number of hydrogen-bond donors (Lipinski definition) is 2. The highest BCUT2D eigenvalue weighted by Gasteiger charge is 2.25. The molecule has 1 aliphatic rings. The van der Waals surface area contributed by atoms with Crippen LogP contribution in [0, 0.1) is 5.41 Å². The van der Waals surface area contributed by atoms with E-state index < -0.39 is 0 Å². The zero-order valence-electron chi connectivity index (χ0n) is 10.6. The molecule has 0 aromatic carbocycles. The van der Waals surface area contributed by atoms with Gasteiger partial charge in [-0.3, -0.25) is 4.79 Å². The second kappa shape index (κ2) is 5.64. The average Bonchev–Trinajstić information content (AvgIpc) is 2.78. The molecule has 0 aliphatic carbocycles. The largest absolute Gasteiger partial charge is 0.396 e. The van der Waals surface area contributed by atoms with Crippen molar-refractivity contribution < 1.29 is 9.90 Å². The smallest absolute Gasteiger partial charge is 0.239 e. The summed E-state index contributed by atoms with van der Waals surface area (Å²) in [5, 5.41) is 12.3. The van der Waals surface area contributed by atoms with Gasteiger partial charge in [-0.2, -0.15) is 0 Å². The van der Waals surface area contributed by atoms with Crippen molar-refractivity contribution in [2.24, 2.45) is 5.41 Å². The van der Waals surface area contributed by atoms with Crippen LogP contribution in [0.15, 0.2) is 0 Å². The van der Waals surface area contributed by atoms with E-state index in [1.165, 1.54) is 0 Å². The van der Waals surface area contributed by atoms with Crippen LogP contribution >= 0.6 is 0 Å². The summed E-state index contributed by atoms with van der Waals surface area (Å²) >= 11 is 0. The second-order valence-electron chi connectivity index (χ2n) is 5.46. The number of nitrogens with zero attached hydrogens (tertiary/aromatic N) is 1. The van der Waals surface area contributed by atoms with Gasteiger partial charge >= 0.3 is 0 Å². The first-order chi connectivity index (χ1) is 7.46. The second-order valence-corrected chi connectivity index (χ2v) is 5.46. The molecule has 0 aromatic rings. The number of likely N-dealkylation sites (tertiary alicyclic amines) is 1. The van der Waals surface area contributed by atoms with Gasteiger partial charge in [0.05, 0.1) is 6.04 Å². The number of aliphatic hydroxyl groups excluding tert-OH is 1. The van der Waals surface area contributed by atoms with Gasteiger partial charge in [0.2, 0.25) is 5.91 Å². The van der Waals surface area contributed by atoms with Crippen molar-refractivity contribution in [3.05, 3.63) is 0 Å². The van der Waals surface area contributed by atoms with E-state index in [9.17, 15) is 4.79 Å². The summed E-state index contributed by atoms with van der Waals surface area (Å²) in [6.45, 7) is 8.44. The fourth-order valence-electron chi connectivity index (χ4n) is 1.78. The number of rotatable bonds is 5. The molecule has 0 radical (unpaired) electrons. The highest BCUT2D eigenvalue weighted by molar-refractivity contribution is 5.81. The van der Waals surface area contributed by atoms with Crippen LogP contribution in [0.4, 0.5) is 0 Å². The summed E-state index contributed by atoms with van der Waals surface area (Å²) in [5.74, 6) is 0.186. The summed E-state index contributed by atoms with van der Waals surface area (Å²) in [6, 6.07) is -0.149. The van der Waals surface area contributed by atoms with Gasteiger partial charge < -0.3 is 15.3 Å². The van der Waals surface area contributed by atoms with E-state index >= 15 is 0 Å². The molecule has 1 fully saturated rings. The Morgan fingerprint density at radius 1 is 1.44 bits per heavy atom. The Morgan fingerprint density at radius 3 is 2.50 bits per heavy atom. The summed E-state index contributed by atoms with van der Waals surface area (Å²) < 4.78 is 0. The molecular formula is C12H24N2O2. The predicted molar refractivity (Wildman–Crippen MR) is 64.1 cm³/mol. The van der Waals surface area contributed by atoms with Crippen molar-refractivity contribution in [3.8, 4) is 0 Å². The van der Waals surface area contributed by atoms with E-state index in [-0.39, 0.29) is 24.0 Å². The van der Waals surface area contributed by atoms with Crippen LogP contribution in [-0.2, 0) is 4.79 Å². The van der Waals surface area contributed by atoms with Gasteiger partial charge in [0.1, 0.15) is 0 Å². The molecule has 2 N–H and O–H groups in total. The average molecular weight is 228 g/mol.